The van der Waals surface area contributed by atoms with Gasteiger partial charge in [0.05, 0.1) is 0 Å². The minimum atomic E-state index is 0.963. The molecule has 1 N–H and O–H groups in total. The van der Waals surface area contributed by atoms with Crippen LogP contribution in [0.25, 0.3) is 0 Å². The Morgan fingerprint density at radius 2 is 1.95 bits per heavy atom. The van der Waals surface area contributed by atoms with Crippen molar-refractivity contribution in [3.63, 3.8) is 0 Å². The van der Waals surface area contributed by atoms with Crippen LogP contribution in [0, 0.1) is 11.8 Å². The summed E-state index contributed by atoms with van der Waals surface area (Å²) in [4.78, 5) is 2.69. The first-order chi connectivity index (χ1) is 9.92. The van der Waals surface area contributed by atoms with Gasteiger partial charge in [0.15, 0.2) is 0 Å². The summed E-state index contributed by atoms with van der Waals surface area (Å²) in [6.07, 6.45) is 8.52. The molecule has 2 nitrogen and oxygen atoms in total. The molecule has 0 spiro atoms. The number of nitrogens with zero attached hydrogens (tertiary/aromatic N) is 1. The molecule has 1 saturated carbocycles. The first kappa shape index (κ1) is 12.7. The van der Waals surface area contributed by atoms with Crippen LogP contribution in [-0.2, 0) is 13.0 Å². The Kier molecular flexibility index (Phi) is 3.43. The molecule has 2 aliphatic heterocycles. The van der Waals surface area contributed by atoms with E-state index in [4.69, 9.17) is 0 Å². The van der Waals surface area contributed by atoms with E-state index in [0.29, 0.717) is 0 Å². The lowest BCUT2D eigenvalue weighted by Crippen LogP contribution is -2.42. The molecule has 1 aromatic rings. The summed E-state index contributed by atoms with van der Waals surface area (Å²) >= 11 is 0. The average Bonchev–Trinajstić information content (AvgIpc) is 2.54. The van der Waals surface area contributed by atoms with E-state index in [1.54, 1.807) is 11.1 Å². The number of rotatable bonds is 1. The Morgan fingerprint density at radius 3 is 2.90 bits per heavy atom. The molecule has 1 saturated heterocycles. The van der Waals surface area contributed by atoms with Crippen LogP contribution in [0.1, 0.15) is 43.2 Å². The molecule has 2 heterocycles. The summed E-state index contributed by atoms with van der Waals surface area (Å²) in [6.45, 7) is 4.79. The third-order valence-corrected chi connectivity index (χ3v) is 5.75. The first-order valence-electron chi connectivity index (χ1n) is 8.48. The second-order valence-electron chi connectivity index (χ2n) is 6.88. The Labute approximate surface area is 122 Å². The van der Waals surface area contributed by atoms with Gasteiger partial charge < -0.3 is 10.2 Å². The number of hydrogen-bond acceptors (Lipinski definition) is 2. The highest BCUT2D eigenvalue weighted by molar-refractivity contribution is 5.58. The number of anilines is 1. The maximum atomic E-state index is 3.55. The molecule has 108 valence electrons. The van der Waals surface area contributed by atoms with Crippen LogP contribution in [-0.4, -0.2) is 19.6 Å². The SMILES string of the molecule is c1cc2c(c(N3CCC4CCCCC4C3)c1)CNCC2. The molecule has 2 fully saturated rings. The molecule has 1 aromatic carbocycles. The molecular formula is C18H26N2. The number of fused-ring (bicyclic) bond motifs is 2. The molecule has 20 heavy (non-hydrogen) atoms. The van der Waals surface area contributed by atoms with Crippen LogP contribution in [0.2, 0.25) is 0 Å². The van der Waals surface area contributed by atoms with Gasteiger partial charge in [-0.05, 0) is 54.8 Å². The minimum Gasteiger partial charge on any atom is -0.371 e. The molecule has 3 aliphatic rings. The van der Waals surface area contributed by atoms with Gasteiger partial charge >= 0.3 is 0 Å². The third kappa shape index (κ3) is 2.24. The van der Waals surface area contributed by atoms with Crippen molar-refractivity contribution in [3.05, 3.63) is 29.3 Å². The molecule has 0 amide bonds. The lowest BCUT2D eigenvalue weighted by atomic mass is 9.75. The Bertz CT molecular complexity index is 482. The predicted octanol–water partition coefficient (Wildman–Crippen LogP) is 3.35. The van der Waals surface area contributed by atoms with E-state index < -0.39 is 0 Å². The van der Waals surface area contributed by atoms with Crippen LogP contribution in [0.4, 0.5) is 5.69 Å². The van der Waals surface area contributed by atoms with Gasteiger partial charge in [-0.3, -0.25) is 0 Å². The zero-order valence-electron chi connectivity index (χ0n) is 12.4. The summed E-state index contributed by atoms with van der Waals surface area (Å²) in [5.41, 5.74) is 4.68. The fourth-order valence-electron chi connectivity index (χ4n) is 4.61. The van der Waals surface area contributed by atoms with Gasteiger partial charge in [-0.25, -0.2) is 0 Å². The molecule has 0 bridgehead atoms. The van der Waals surface area contributed by atoms with Gasteiger partial charge in [0, 0.05) is 25.3 Å². The maximum Gasteiger partial charge on any atom is 0.0414 e. The van der Waals surface area contributed by atoms with Crippen molar-refractivity contribution in [2.75, 3.05) is 24.5 Å². The van der Waals surface area contributed by atoms with E-state index in [0.717, 1.165) is 24.9 Å². The molecule has 2 heteroatoms. The van der Waals surface area contributed by atoms with Crippen molar-refractivity contribution in [3.8, 4) is 0 Å². The summed E-state index contributed by atoms with van der Waals surface area (Å²) in [5.74, 6) is 1.99. The largest absolute Gasteiger partial charge is 0.371 e. The monoisotopic (exact) mass is 270 g/mol. The molecular weight excluding hydrogens is 244 g/mol. The third-order valence-electron chi connectivity index (χ3n) is 5.75. The average molecular weight is 270 g/mol. The Balaban J connectivity index is 1.58. The predicted molar refractivity (Wildman–Crippen MR) is 84.1 cm³/mol. The molecule has 4 rings (SSSR count). The summed E-state index contributed by atoms with van der Waals surface area (Å²) < 4.78 is 0. The summed E-state index contributed by atoms with van der Waals surface area (Å²) in [7, 11) is 0. The van der Waals surface area contributed by atoms with Crippen LogP contribution in [0.3, 0.4) is 0 Å². The molecule has 2 atom stereocenters. The van der Waals surface area contributed by atoms with Crippen LogP contribution < -0.4 is 10.2 Å². The van der Waals surface area contributed by atoms with E-state index in [1.807, 2.05) is 0 Å². The van der Waals surface area contributed by atoms with E-state index in [-0.39, 0.29) is 0 Å². The van der Waals surface area contributed by atoms with Gasteiger partial charge in [0.25, 0.3) is 0 Å². The van der Waals surface area contributed by atoms with Gasteiger partial charge in [-0.2, -0.15) is 0 Å². The fraction of sp³-hybridized carbons (Fsp3) is 0.667. The number of benzene rings is 1. The number of nitrogens with one attached hydrogen (secondary N) is 1. The second kappa shape index (κ2) is 5.40. The van der Waals surface area contributed by atoms with E-state index in [2.05, 4.69) is 28.4 Å². The minimum absolute atomic E-state index is 0.963. The van der Waals surface area contributed by atoms with Crippen LogP contribution >= 0.6 is 0 Å². The van der Waals surface area contributed by atoms with E-state index >= 15 is 0 Å². The van der Waals surface area contributed by atoms with Crippen molar-refractivity contribution in [1.29, 1.82) is 0 Å². The van der Waals surface area contributed by atoms with Crippen molar-refractivity contribution in [2.24, 2.45) is 11.8 Å². The highest BCUT2D eigenvalue weighted by Gasteiger charge is 2.32. The maximum absolute atomic E-state index is 3.55. The van der Waals surface area contributed by atoms with Gasteiger partial charge in [0.2, 0.25) is 0 Å². The molecule has 0 aromatic heterocycles. The quantitative estimate of drug-likeness (QED) is 0.842. The number of hydrogen-bond donors (Lipinski definition) is 1. The Morgan fingerprint density at radius 1 is 1.05 bits per heavy atom. The highest BCUT2D eigenvalue weighted by Crippen LogP contribution is 2.38. The smallest absolute Gasteiger partial charge is 0.0414 e. The van der Waals surface area contributed by atoms with Crippen molar-refractivity contribution < 1.29 is 0 Å². The van der Waals surface area contributed by atoms with Gasteiger partial charge in [-0.1, -0.05) is 31.4 Å². The lowest BCUT2D eigenvalue weighted by molar-refractivity contribution is 0.202. The van der Waals surface area contributed by atoms with Crippen molar-refractivity contribution in [1.82, 2.24) is 5.32 Å². The Hall–Kier alpha value is -1.02. The fourth-order valence-corrected chi connectivity index (χ4v) is 4.61. The first-order valence-corrected chi connectivity index (χ1v) is 8.48. The topological polar surface area (TPSA) is 15.3 Å². The lowest BCUT2D eigenvalue weighted by Gasteiger charge is -2.43. The van der Waals surface area contributed by atoms with E-state index in [1.165, 1.54) is 57.3 Å². The zero-order chi connectivity index (χ0) is 13.4. The van der Waals surface area contributed by atoms with Crippen molar-refractivity contribution >= 4 is 5.69 Å². The van der Waals surface area contributed by atoms with E-state index in [9.17, 15) is 0 Å². The van der Waals surface area contributed by atoms with Crippen molar-refractivity contribution in [2.45, 2.75) is 45.1 Å². The zero-order valence-corrected chi connectivity index (χ0v) is 12.4. The van der Waals surface area contributed by atoms with Gasteiger partial charge in [-0.15, -0.1) is 0 Å². The molecule has 1 aliphatic carbocycles. The van der Waals surface area contributed by atoms with Gasteiger partial charge in [0.1, 0.15) is 0 Å². The standard InChI is InChI=1S/C18H26N2/c1-2-5-16-13-20(11-9-14(16)4-1)18-7-3-6-15-8-10-19-12-17(15)18/h3,6-7,14,16,19H,1-2,4-5,8-13H2. The van der Waals surface area contributed by atoms with Crippen LogP contribution in [0.5, 0.6) is 0 Å². The molecule has 2 unspecified atom stereocenters. The van der Waals surface area contributed by atoms with Crippen LogP contribution in [0.15, 0.2) is 18.2 Å². The normalized spacial score (nSPS) is 29.7. The second-order valence-corrected chi connectivity index (χ2v) is 6.88. The molecule has 0 radical (unpaired) electrons. The highest BCUT2D eigenvalue weighted by atomic mass is 15.1. The summed E-state index contributed by atoms with van der Waals surface area (Å²) in [5, 5.41) is 3.55. The summed E-state index contributed by atoms with van der Waals surface area (Å²) in [6, 6.07) is 6.95. The number of piperidine rings is 1.